The van der Waals surface area contributed by atoms with E-state index in [4.69, 9.17) is 11.6 Å². The smallest absolute Gasteiger partial charge is 0.130 e. The van der Waals surface area contributed by atoms with Crippen molar-refractivity contribution in [2.75, 3.05) is 11.2 Å². The van der Waals surface area contributed by atoms with Crippen molar-refractivity contribution in [3.8, 4) is 0 Å². The topological polar surface area (TPSA) is 37.8 Å². The van der Waals surface area contributed by atoms with Crippen molar-refractivity contribution < 1.29 is 0 Å². The van der Waals surface area contributed by atoms with E-state index in [9.17, 15) is 0 Å². The Morgan fingerprint density at radius 3 is 2.89 bits per heavy atom. The Morgan fingerprint density at radius 1 is 1.47 bits per heavy atom. The third kappa shape index (κ3) is 3.59. The van der Waals surface area contributed by atoms with E-state index in [1.807, 2.05) is 6.92 Å². The summed E-state index contributed by atoms with van der Waals surface area (Å²) in [5.41, 5.74) is 1.09. The monoisotopic (exact) mass is 281 g/mol. The minimum atomic E-state index is 0.00499. The summed E-state index contributed by atoms with van der Waals surface area (Å²) in [5, 5.41) is 3.61. The van der Waals surface area contributed by atoms with Gasteiger partial charge in [-0.1, -0.05) is 26.7 Å². The van der Waals surface area contributed by atoms with Gasteiger partial charge in [0.15, 0.2) is 0 Å². The first-order valence-electron chi connectivity index (χ1n) is 7.25. The number of aryl methyl sites for hydroxylation is 2. The fraction of sp³-hybridized carbons (Fsp3) is 0.733. The number of nitrogens with zero attached hydrogens (tertiary/aromatic N) is 2. The second kappa shape index (κ2) is 6.08. The Morgan fingerprint density at radius 2 is 2.26 bits per heavy atom. The molecule has 3 nitrogen and oxygen atoms in total. The summed E-state index contributed by atoms with van der Waals surface area (Å²) in [5.74, 6) is 3.13. The van der Waals surface area contributed by atoms with Gasteiger partial charge in [0.25, 0.3) is 0 Å². The molecule has 1 aromatic rings. The van der Waals surface area contributed by atoms with Gasteiger partial charge in [-0.05, 0) is 32.1 Å². The minimum absolute atomic E-state index is 0.00499. The van der Waals surface area contributed by atoms with Gasteiger partial charge in [0, 0.05) is 17.6 Å². The number of aromatic nitrogens is 2. The average molecular weight is 282 g/mol. The van der Waals surface area contributed by atoms with Gasteiger partial charge in [-0.15, -0.1) is 11.6 Å². The molecule has 1 N–H and O–H groups in total. The van der Waals surface area contributed by atoms with E-state index in [0.29, 0.717) is 5.88 Å². The molecule has 1 aliphatic carbocycles. The molecular weight excluding hydrogens is 258 g/mol. The molecule has 2 atom stereocenters. The van der Waals surface area contributed by atoms with Crippen LogP contribution in [0.15, 0.2) is 6.07 Å². The fourth-order valence-corrected chi connectivity index (χ4v) is 3.38. The average Bonchev–Trinajstić information content (AvgIpc) is 2.38. The second-order valence-corrected chi connectivity index (χ2v) is 6.15. The van der Waals surface area contributed by atoms with Crippen LogP contribution in [0.25, 0.3) is 0 Å². The van der Waals surface area contributed by atoms with Crippen LogP contribution < -0.4 is 5.32 Å². The molecule has 0 bridgehead atoms. The highest BCUT2D eigenvalue weighted by Gasteiger charge is 2.34. The molecule has 0 amide bonds. The third-order valence-electron chi connectivity index (χ3n) is 3.99. The van der Waals surface area contributed by atoms with Crippen LogP contribution >= 0.6 is 11.6 Å². The van der Waals surface area contributed by atoms with E-state index in [-0.39, 0.29) is 5.54 Å². The summed E-state index contributed by atoms with van der Waals surface area (Å²) in [6, 6.07) is 2.06. The molecule has 0 radical (unpaired) electrons. The Kier molecular flexibility index (Phi) is 4.67. The van der Waals surface area contributed by atoms with Crippen molar-refractivity contribution in [1.82, 2.24) is 9.97 Å². The third-order valence-corrected chi connectivity index (χ3v) is 4.51. The van der Waals surface area contributed by atoms with E-state index >= 15 is 0 Å². The number of hydrogen-bond donors (Lipinski definition) is 1. The normalized spacial score (nSPS) is 27.3. The summed E-state index contributed by atoms with van der Waals surface area (Å²) < 4.78 is 0. The molecule has 19 heavy (non-hydrogen) atoms. The number of alkyl halides is 1. The lowest BCUT2D eigenvalue weighted by molar-refractivity contribution is 0.279. The van der Waals surface area contributed by atoms with Crippen LogP contribution in [0.1, 0.15) is 51.0 Å². The molecule has 2 rings (SSSR count). The Labute approximate surface area is 121 Å². The highest BCUT2D eigenvalue weighted by atomic mass is 35.5. The van der Waals surface area contributed by atoms with Crippen LogP contribution in [0.5, 0.6) is 0 Å². The van der Waals surface area contributed by atoms with Crippen molar-refractivity contribution in [3.05, 3.63) is 17.6 Å². The van der Waals surface area contributed by atoms with Crippen molar-refractivity contribution in [3.63, 3.8) is 0 Å². The van der Waals surface area contributed by atoms with Gasteiger partial charge >= 0.3 is 0 Å². The molecule has 0 saturated heterocycles. The summed E-state index contributed by atoms with van der Waals surface area (Å²) in [7, 11) is 0. The molecule has 0 spiro atoms. The Balaban J connectivity index is 2.20. The van der Waals surface area contributed by atoms with Gasteiger partial charge < -0.3 is 5.32 Å². The molecule has 4 heteroatoms. The molecule has 106 valence electrons. The molecule has 1 aliphatic rings. The van der Waals surface area contributed by atoms with Crippen LogP contribution in [0, 0.1) is 12.8 Å². The van der Waals surface area contributed by atoms with Crippen molar-refractivity contribution in [2.24, 2.45) is 5.92 Å². The van der Waals surface area contributed by atoms with Crippen LogP contribution in [0.3, 0.4) is 0 Å². The van der Waals surface area contributed by atoms with Gasteiger partial charge in [-0.2, -0.15) is 0 Å². The van der Waals surface area contributed by atoms with Gasteiger partial charge in [0.2, 0.25) is 0 Å². The number of nitrogens with one attached hydrogen (secondary N) is 1. The first-order valence-corrected chi connectivity index (χ1v) is 7.79. The first-order chi connectivity index (χ1) is 9.07. The fourth-order valence-electron chi connectivity index (χ4n) is 3.07. The number of rotatable bonds is 4. The van der Waals surface area contributed by atoms with Crippen LogP contribution in [0.2, 0.25) is 0 Å². The van der Waals surface area contributed by atoms with Gasteiger partial charge in [-0.25, -0.2) is 9.97 Å². The Hall–Kier alpha value is -0.830. The van der Waals surface area contributed by atoms with Crippen LogP contribution in [-0.4, -0.2) is 21.4 Å². The van der Waals surface area contributed by atoms with E-state index in [1.54, 1.807) is 0 Å². The molecule has 0 aliphatic heterocycles. The zero-order valence-corrected chi connectivity index (χ0v) is 12.9. The summed E-state index contributed by atoms with van der Waals surface area (Å²) in [6.45, 7) is 6.37. The lowest BCUT2D eigenvalue weighted by Crippen LogP contribution is -2.44. The van der Waals surface area contributed by atoms with E-state index < -0.39 is 0 Å². The van der Waals surface area contributed by atoms with Crippen molar-refractivity contribution in [2.45, 2.75) is 58.4 Å². The SMILES string of the molecule is CCc1cc(NC2(CCl)CCCC(C)C2)nc(C)n1. The standard InChI is InChI=1S/C15H24ClN3/c1-4-13-8-14(18-12(3)17-13)19-15(10-16)7-5-6-11(2)9-15/h8,11H,4-7,9-10H2,1-3H3,(H,17,18,19). The predicted octanol–water partition coefficient (Wildman–Crippen LogP) is 3.95. The van der Waals surface area contributed by atoms with Crippen molar-refractivity contribution in [1.29, 1.82) is 0 Å². The quantitative estimate of drug-likeness (QED) is 0.849. The van der Waals surface area contributed by atoms with E-state index in [1.165, 1.54) is 12.8 Å². The zero-order valence-electron chi connectivity index (χ0n) is 12.2. The van der Waals surface area contributed by atoms with Crippen molar-refractivity contribution >= 4 is 17.4 Å². The molecule has 1 fully saturated rings. The number of halogens is 1. The second-order valence-electron chi connectivity index (χ2n) is 5.89. The lowest BCUT2D eigenvalue weighted by atomic mass is 9.77. The largest absolute Gasteiger partial charge is 0.363 e. The molecule has 0 aromatic carbocycles. The maximum atomic E-state index is 6.26. The van der Waals surface area contributed by atoms with Gasteiger partial charge in [0.05, 0.1) is 5.54 Å². The molecule has 2 unspecified atom stereocenters. The zero-order chi connectivity index (χ0) is 13.9. The van der Waals surface area contributed by atoms with Gasteiger partial charge in [-0.3, -0.25) is 0 Å². The highest BCUT2D eigenvalue weighted by Crippen LogP contribution is 2.35. The maximum absolute atomic E-state index is 6.26. The summed E-state index contributed by atoms with van der Waals surface area (Å²) >= 11 is 6.26. The van der Waals surface area contributed by atoms with Crippen LogP contribution in [-0.2, 0) is 6.42 Å². The lowest BCUT2D eigenvalue weighted by Gasteiger charge is -2.39. The van der Waals surface area contributed by atoms with Gasteiger partial charge in [0.1, 0.15) is 11.6 Å². The first kappa shape index (κ1) is 14.6. The van der Waals surface area contributed by atoms with E-state index in [0.717, 1.165) is 42.5 Å². The maximum Gasteiger partial charge on any atom is 0.130 e. The summed E-state index contributed by atoms with van der Waals surface area (Å²) in [6.07, 6.45) is 5.74. The Bertz CT molecular complexity index is 435. The van der Waals surface area contributed by atoms with Crippen LogP contribution in [0.4, 0.5) is 5.82 Å². The highest BCUT2D eigenvalue weighted by molar-refractivity contribution is 6.18. The number of anilines is 1. The molecule has 1 heterocycles. The number of hydrogen-bond acceptors (Lipinski definition) is 3. The molecular formula is C15H24ClN3. The van der Waals surface area contributed by atoms with E-state index in [2.05, 4.69) is 35.2 Å². The predicted molar refractivity (Wildman–Crippen MR) is 80.9 cm³/mol. The summed E-state index contributed by atoms with van der Waals surface area (Å²) in [4.78, 5) is 8.94. The molecule has 1 saturated carbocycles. The minimum Gasteiger partial charge on any atom is -0.363 e. The molecule has 1 aromatic heterocycles.